The second-order valence-electron chi connectivity index (χ2n) is 7.82. The predicted octanol–water partition coefficient (Wildman–Crippen LogP) is 1.95. The van der Waals surface area contributed by atoms with Crippen LogP contribution in [-0.2, 0) is 10.0 Å². The molecule has 0 spiro atoms. The lowest BCUT2D eigenvalue weighted by atomic mass is 10.0. The van der Waals surface area contributed by atoms with Crippen molar-refractivity contribution in [1.82, 2.24) is 9.46 Å². The summed E-state index contributed by atoms with van der Waals surface area (Å²) in [5, 5.41) is 3.82. The topological polar surface area (TPSA) is 67.9 Å². The first-order chi connectivity index (χ1) is 14.0. The molecule has 1 fully saturated rings. The summed E-state index contributed by atoms with van der Waals surface area (Å²) in [5.74, 6) is 0.357. The van der Waals surface area contributed by atoms with Crippen LogP contribution >= 0.6 is 0 Å². The third kappa shape index (κ3) is 2.84. The number of nitrogens with one attached hydrogen (secondary N) is 1. The maximum Gasteiger partial charge on any atom is 0.248 e. The molecule has 7 heteroatoms. The van der Waals surface area contributed by atoms with Crippen LogP contribution < -0.4 is 4.90 Å². The molecule has 0 radical (unpaired) electrons. The van der Waals surface area contributed by atoms with Gasteiger partial charge >= 0.3 is 0 Å². The zero-order chi connectivity index (χ0) is 20.2. The van der Waals surface area contributed by atoms with E-state index in [1.165, 1.54) is 27.2 Å². The normalized spacial score (nSPS) is 18.0. The van der Waals surface area contributed by atoms with E-state index in [0.29, 0.717) is 24.5 Å². The number of nitrogens with zero attached hydrogens (tertiary/aromatic N) is 2. The molecule has 150 valence electrons. The van der Waals surface area contributed by atoms with Crippen LogP contribution in [0.4, 0.5) is 0 Å². The van der Waals surface area contributed by atoms with Gasteiger partial charge in [-0.05, 0) is 25.0 Å². The van der Waals surface area contributed by atoms with Crippen molar-refractivity contribution in [3.63, 3.8) is 0 Å². The van der Waals surface area contributed by atoms with Crippen molar-refractivity contribution < 1.29 is 17.8 Å². The molecular formula is C22H24N3O3S+. The van der Waals surface area contributed by atoms with E-state index in [-0.39, 0.29) is 10.9 Å². The Kier molecular flexibility index (Phi) is 4.34. The van der Waals surface area contributed by atoms with Crippen LogP contribution in [-0.4, -0.2) is 44.1 Å². The lowest BCUT2D eigenvalue weighted by Crippen LogP contribution is -3.15. The van der Waals surface area contributed by atoms with Gasteiger partial charge in [-0.3, -0.25) is 0 Å². The van der Waals surface area contributed by atoms with Crippen molar-refractivity contribution in [2.75, 3.05) is 26.2 Å². The van der Waals surface area contributed by atoms with Gasteiger partial charge in [0.25, 0.3) is 0 Å². The summed E-state index contributed by atoms with van der Waals surface area (Å²) in [6.45, 7) is 5.83. The van der Waals surface area contributed by atoms with E-state index < -0.39 is 10.0 Å². The Morgan fingerprint density at radius 1 is 0.966 bits per heavy atom. The fraction of sp³-hybridized carbons (Fsp3) is 0.318. The third-order valence-corrected chi connectivity index (χ3v) is 8.32. The first kappa shape index (κ1) is 18.5. The van der Waals surface area contributed by atoms with Gasteiger partial charge < -0.3 is 9.42 Å². The monoisotopic (exact) mass is 410 g/mol. The van der Waals surface area contributed by atoms with Gasteiger partial charge in [0.1, 0.15) is 16.6 Å². The lowest BCUT2D eigenvalue weighted by Gasteiger charge is -2.35. The largest absolute Gasteiger partial charge is 0.360 e. The van der Waals surface area contributed by atoms with E-state index in [1.807, 2.05) is 0 Å². The third-order valence-electron chi connectivity index (χ3n) is 6.17. The Bertz CT molecular complexity index is 1110. The first-order valence-electron chi connectivity index (χ1n) is 9.94. The quantitative estimate of drug-likeness (QED) is 0.717. The Hall–Kier alpha value is -2.48. The van der Waals surface area contributed by atoms with Crippen molar-refractivity contribution in [3.05, 3.63) is 71.1 Å². The number of piperazine rings is 1. The summed E-state index contributed by atoms with van der Waals surface area (Å²) < 4.78 is 32.9. The zero-order valence-electron chi connectivity index (χ0n) is 16.6. The van der Waals surface area contributed by atoms with Crippen LogP contribution in [0.5, 0.6) is 0 Å². The molecule has 0 unspecified atom stereocenters. The van der Waals surface area contributed by atoms with Crippen LogP contribution in [0.2, 0.25) is 0 Å². The van der Waals surface area contributed by atoms with Crippen molar-refractivity contribution in [2.24, 2.45) is 0 Å². The van der Waals surface area contributed by atoms with Crippen molar-refractivity contribution in [3.8, 4) is 11.1 Å². The highest BCUT2D eigenvalue weighted by molar-refractivity contribution is 7.89. The summed E-state index contributed by atoms with van der Waals surface area (Å²) in [6.07, 6.45) is 0. The number of benzene rings is 2. The molecule has 1 aliphatic carbocycles. The zero-order valence-corrected chi connectivity index (χ0v) is 17.4. The summed E-state index contributed by atoms with van der Waals surface area (Å²) in [7, 11) is -3.58. The first-order valence-corrected chi connectivity index (χ1v) is 11.4. The van der Waals surface area contributed by atoms with Crippen LogP contribution in [0.15, 0.2) is 57.9 Å². The summed E-state index contributed by atoms with van der Waals surface area (Å²) in [6, 6.07) is 17.4. The molecule has 2 aliphatic rings. The molecule has 0 bridgehead atoms. The van der Waals surface area contributed by atoms with Crippen molar-refractivity contribution >= 4 is 10.0 Å². The van der Waals surface area contributed by atoms with Crippen LogP contribution in [0.3, 0.4) is 0 Å². The average molecular weight is 411 g/mol. The molecule has 0 atom stereocenters. The molecular weight excluding hydrogens is 386 g/mol. The fourth-order valence-electron chi connectivity index (χ4n) is 4.87. The summed E-state index contributed by atoms with van der Waals surface area (Å²) in [5.41, 5.74) is 5.70. The maximum absolute atomic E-state index is 13.1. The highest BCUT2D eigenvalue weighted by Gasteiger charge is 2.40. The van der Waals surface area contributed by atoms with Crippen LogP contribution in [0, 0.1) is 13.8 Å². The van der Waals surface area contributed by atoms with E-state index in [2.05, 4.69) is 53.7 Å². The molecule has 29 heavy (non-hydrogen) atoms. The SMILES string of the molecule is Cc1noc(C)c1S(=O)(=O)N1CC[NH+](C2c3ccccc3-c3ccccc32)CC1. The second kappa shape index (κ2) is 6.79. The van der Waals surface area contributed by atoms with Gasteiger partial charge in [0.2, 0.25) is 10.0 Å². The van der Waals surface area contributed by atoms with Gasteiger partial charge in [0, 0.05) is 11.1 Å². The number of aromatic nitrogens is 1. The summed E-state index contributed by atoms with van der Waals surface area (Å²) >= 11 is 0. The van der Waals surface area contributed by atoms with E-state index >= 15 is 0 Å². The van der Waals surface area contributed by atoms with E-state index in [4.69, 9.17) is 4.52 Å². The predicted molar refractivity (Wildman–Crippen MR) is 109 cm³/mol. The number of fused-ring (bicyclic) bond motifs is 3. The smallest absolute Gasteiger partial charge is 0.248 e. The highest BCUT2D eigenvalue weighted by Crippen LogP contribution is 2.41. The minimum atomic E-state index is -3.58. The molecule has 2 aromatic carbocycles. The number of hydrogen-bond donors (Lipinski definition) is 1. The minimum absolute atomic E-state index is 0.220. The molecule has 1 saturated heterocycles. The lowest BCUT2D eigenvalue weighted by molar-refractivity contribution is -0.928. The van der Waals surface area contributed by atoms with Crippen LogP contribution in [0.25, 0.3) is 11.1 Å². The molecule has 2 heterocycles. The number of quaternary nitrogens is 1. The molecule has 6 nitrogen and oxygen atoms in total. The van der Waals surface area contributed by atoms with Crippen molar-refractivity contribution in [1.29, 1.82) is 0 Å². The molecule has 1 N–H and O–H groups in total. The van der Waals surface area contributed by atoms with Gasteiger partial charge in [-0.1, -0.05) is 53.7 Å². The molecule has 3 aromatic rings. The van der Waals surface area contributed by atoms with Gasteiger partial charge in [-0.15, -0.1) is 0 Å². The van der Waals surface area contributed by atoms with Gasteiger partial charge in [0.05, 0.1) is 26.2 Å². The van der Waals surface area contributed by atoms with E-state index in [9.17, 15) is 8.42 Å². The highest BCUT2D eigenvalue weighted by atomic mass is 32.2. The molecule has 0 saturated carbocycles. The number of hydrogen-bond acceptors (Lipinski definition) is 4. The molecule has 5 rings (SSSR count). The summed E-state index contributed by atoms with van der Waals surface area (Å²) in [4.78, 5) is 1.63. The number of sulfonamides is 1. The number of aryl methyl sites for hydroxylation is 2. The maximum atomic E-state index is 13.1. The van der Waals surface area contributed by atoms with Gasteiger partial charge in [-0.2, -0.15) is 4.31 Å². The fourth-order valence-corrected chi connectivity index (χ4v) is 6.60. The van der Waals surface area contributed by atoms with E-state index in [0.717, 1.165) is 13.1 Å². The van der Waals surface area contributed by atoms with Crippen molar-refractivity contribution in [2.45, 2.75) is 24.8 Å². The Balaban J connectivity index is 1.42. The van der Waals surface area contributed by atoms with E-state index in [1.54, 1.807) is 18.2 Å². The van der Waals surface area contributed by atoms with Gasteiger partial charge in [0.15, 0.2) is 5.76 Å². The molecule has 1 aromatic heterocycles. The minimum Gasteiger partial charge on any atom is -0.360 e. The second-order valence-corrected chi connectivity index (χ2v) is 9.70. The molecule has 0 amide bonds. The Morgan fingerprint density at radius 3 is 2.03 bits per heavy atom. The number of rotatable bonds is 3. The van der Waals surface area contributed by atoms with Gasteiger partial charge in [-0.25, -0.2) is 8.42 Å². The average Bonchev–Trinajstić information content (AvgIpc) is 3.25. The Labute approximate surface area is 170 Å². The molecule has 1 aliphatic heterocycles. The van der Waals surface area contributed by atoms with Crippen LogP contribution in [0.1, 0.15) is 28.6 Å². The Morgan fingerprint density at radius 2 is 1.52 bits per heavy atom. The standard InChI is InChI=1S/C22H23N3O3S/c1-15-22(16(2)28-23-15)29(26,27)25-13-11-24(12-14-25)21-19-9-5-3-7-17(19)18-8-4-6-10-20(18)21/h3-10,21H,11-14H2,1-2H3/p+1.